The summed E-state index contributed by atoms with van der Waals surface area (Å²) in [6.07, 6.45) is 3.33. The van der Waals surface area contributed by atoms with Crippen LogP contribution in [0, 0.1) is 0 Å². The van der Waals surface area contributed by atoms with Crippen molar-refractivity contribution in [1.82, 2.24) is 23.0 Å². The highest BCUT2D eigenvalue weighted by atomic mass is 32.2. The number of benzene rings is 4. The first-order valence-corrected chi connectivity index (χ1v) is 22.0. The number of phenols is 2. The van der Waals surface area contributed by atoms with Crippen molar-refractivity contribution in [3.05, 3.63) is 103 Å². The Morgan fingerprint density at radius 2 is 1.34 bits per heavy atom. The van der Waals surface area contributed by atoms with Gasteiger partial charge in [0.15, 0.2) is 21.3 Å². The van der Waals surface area contributed by atoms with Gasteiger partial charge in [-0.3, -0.25) is 4.79 Å². The van der Waals surface area contributed by atoms with Crippen molar-refractivity contribution in [2.75, 3.05) is 30.3 Å². The molecule has 0 aliphatic carbocycles. The lowest BCUT2D eigenvalue weighted by molar-refractivity contribution is -0.114. The standard InChI is InChI=1S/C22H24N6O3S2.C20H15N5O2S/c1-4-23-16-11-7-9-14-19(16)17(13-18(20(14)29)33(30,31)28(5-2)6-3)25-26-22-15-10-8-12-24-21(15)27-32-22;1-12(26)22-17-11-14(10-16(18(17)27)13-6-3-2-4-7-13)23-24-20-15-8-5-9-21-19(15)25-28-20/h7-13,23,29H,4-6H2,1-3H3;2-11,27H,1H3,(H,22,26). The predicted molar refractivity (Wildman–Crippen MR) is 241 cm³/mol. The number of aromatic nitrogens is 4. The summed E-state index contributed by atoms with van der Waals surface area (Å²) in [7, 11) is -3.94. The van der Waals surface area contributed by atoms with Gasteiger partial charge in [-0.15, -0.1) is 20.5 Å². The quantitative estimate of drug-likeness (QED) is 0.0672. The number of rotatable bonds is 12. The molecule has 0 spiro atoms. The average molecular weight is 874 g/mol. The summed E-state index contributed by atoms with van der Waals surface area (Å²) in [6.45, 7) is 8.05. The molecule has 0 bridgehead atoms. The molecule has 8 rings (SSSR count). The Hall–Kier alpha value is -6.80. The minimum Gasteiger partial charge on any atom is -0.506 e. The van der Waals surface area contributed by atoms with Crippen molar-refractivity contribution in [3.8, 4) is 22.6 Å². The van der Waals surface area contributed by atoms with Gasteiger partial charge in [-0.05, 0) is 84.1 Å². The summed E-state index contributed by atoms with van der Waals surface area (Å²) in [6, 6.07) is 26.7. The van der Waals surface area contributed by atoms with Crippen LogP contribution in [-0.4, -0.2) is 67.2 Å². The van der Waals surface area contributed by atoms with Crippen LogP contribution in [0.2, 0.25) is 0 Å². The van der Waals surface area contributed by atoms with Crippen LogP contribution in [0.1, 0.15) is 27.7 Å². The lowest BCUT2D eigenvalue weighted by Gasteiger charge is -2.20. The summed E-state index contributed by atoms with van der Waals surface area (Å²) in [5.74, 6) is -0.612. The van der Waals surface area contributed by atoms with E-state index in [1.807, 2.05) is 61.5 Å². The van der Waals surface area contributed by atoms with E-state index in [0.29, 0.717) is 55.6 Å². The zero-order chi connectivity index (χ0) is 43.1. The molecule has 0 radical (unpaired) electrons. The summed E-state index contributed by atoms with van der Waals surface area (Å²) in [5.41, 5.74) is 4.37. The number of nitrogens with zero attached hydrogens (tertiary/aromatic N) is 9. The molecular formula is C42H39N11O5S3. The van der Waals surface area contributed by atoms with Crippen LogP contribution < -0.4 is 10.6 Å². The third-order valence-electron chi connectivity index (χ3n) is 9.23. The van der Waals surface area contributed by atoms with Gasteiger partial charge >= 0.3 is 0 Å². The van der Waals surface area contributed by atoms with Crippen molar-refractivity contribution in [2.24, 2.45) is 20.5 Å². The van der Waals surface area contributed by atoms with Crippen molar-refractivity contribution in [3.63, 3.8) is 0 Å². The number of nitrogens with one attached hydrogen (secondary N) is 2. The lowest BCUT2D eigenvalue weighted by Crippen LogP contribution is -2.30. The number of sulfonamides is 1. The van der Waals surface area contributed by atoms with Crippen LogP contribution in [0.25, 0.3) is 44.0 Å². The second-order valence-electron chi connectivity index (χ2n) is 13.2. The molecule has 0 aliphatic rings. The molecule has 0 unspecified atom stereocenters. The van der Waals surface area contributed by atoms with E-state index < -0.39 is 10.0 Å². The van der Waals surface area contributed by atoms with Gasteiger partial charge in [0.25, 0.3) is 0 Å². The van der Waals surface area contributed by atoms with Crippen molar-refractivity contribution >= 4 is 105 Å². The smallest absolute Gasteiger partial charge is 0.246 e. The zero-order valence-corrected chi connectivity index (χ0v) is 35.8. The highest BCUT2D eigenvalue weighted by molar-refractivity contribution is 7.89. The van der Waals surface area contributed by atoms with Gasteiger partial charge in [-0.2, -0.15) is 13.1 Å². The first kappa shape index (κ1) is 42.3. The SMILES string of the molecule is CC(=O)Nc1cc(N=Nc2snc3ncccc23)cc(-c2ccccc2)c1O.CCNc1cccc2c(O)c(S(=O)(=O)N(CC)CC)cc(N=Nc3snc4ncccc34)c12. The first-order valence-electron chi connectivity index (χ1n) is 19.0. The van der Waals surface area contributed by atoms with Gasteiger partial charge in [0.2, 0.25) is 15.9 Å². The molecule has 0 fully saturated rings. The number of hydrogen-bond acceptors (Lipinski definition) is 16. The third-order valence-corrected chi connectivity index (χ3v) is 12.8. The highest BCUT2D eigenvalue weighted by Crippen LogP contribution is 2.44. The van der Waals surface area contributed by atoms with Gasteiger partial charge in [-0.25, -0.2) is 18.4 Å². The topological polar surface area (TPSA) is 220 Å². The van der Waals surface area contributed by atoms with E-state index in [4.69, 9.17) is 0 Å². The van der Waals surface area contributed by atoms with E-state index in [1.165, 1.54) is 28.8 Å². The van der Waals surface area contributed by atoms with Gasteiger partial charge < -0.3 is 20.8 Å². The zero-order valence-electron chi connectivity index (χ0n) is 33.3. The molecular weight excluding hydrogens is 835 g/mol. The Morgan fingerprint density at radius 1 is 0.721 bits per heavy atom. The molecule has 4 aromatic carbocycles. The number of carbonyl (C=O) groups excluding carboxylic acids is 1. The van der Waals surface area contributed by atoms with Crippen LogP contribution in [0.15, 0.2) is 129 Å². The second-order valence-corrected chi connectivity index (χ2v) is 16.6. The minimum atomic E-state index is -3.94. The molecule has 61 heavy (non-hydrogen) atoms. The fourth-order valence-electron chi connectivity index (χ4n) is 6.43. The van der Waals surface area contributed by atoms with E-state index in [0.717, 1.165) is 33.6 Å². The summed E-state index contributed by atoms with van der Waals surface area (Å²) in [5, 5.41) is 48.7. The number of anilines is 2. The number of azo groups is 2. The Labute approximate surface area is 358 Å². The second kappa shape index (κ2) is 18.6. The number of aromatic hydroxyl groups is 2. The Kier molecular flexibility index (Phi) is 12.9. The molecule has 4 N–H and O–H groups in total. The molecule has 16 nitrogen and oxygen atoms in total. The van der Waals surface area contributed by atoms with Gasteiger partial charge in [0, 0.05) is 61.0 Å². The summed E-state index contributed by atoms with van der Waals surface area (Å²) in [4.78, 5) is 19.7. The monoisotopic (exact) mass is 873 g/mol. The lowest BCUT2D eigenvalue weighted by atomic mass is 10.0. The number of phenolic OH excluding ortho intramolecular Hbond substituents is 2. The molecule has 8 aromatic rings. The summed E-state index contributed by atoms with van der Waals surface area (Å²) < 4.78 is 36.4. The normalized spacial score (nSPS) is 11.8. The third kappa shape index (κ3) is 9.04. The van der Waals surface area contributed by atoms with E-state index in [-0.39, 0.29) is 41.1 Å². The van der Waals surface area contributed by atoms with Crippen molar-refractivity contribution in [2.45, 2.75) is 32.6 Å². The molecule has 0 aliphatic heterocycles. The van der Waals surface area contributed by atoms with Crippen molar-refractivity contribution in [1.29, 1.82) is 0 Å². The maximum atomic E-state index is 13.3. The van der Waals surface area contributed by atoms with Crippen LogP contribution in [-0.2, 0) is 14.8 Å². The fraction of sp³-hybridized carbons (Fsp3) is 0.167. The van der Waals surface area contributed by atoms with Gasteiger partial charge in [0.05, 0.1) is 27.8 Å². The fourth-order valence-corrected chi connectivity index (χ4v) is 9.31. The highest BCUT2D eigenvalue weighted by Gasteiger charge is 2.28. The average Bonchev–Trinajstić information content (AvgIpc) is 3.88. The molecule has 310 valence electrons. The van der Waals surface area contributed by atoms with E-state index >= 15 is 0 Å². The Bertz CT molecular complexity index is 3040. The molecule has 4 aromatic heterocycles. The Morgan fingerprint density at radius 3 is 1.95 bits per heavy atom. The predicted octanol–water partition coefficient (Wildman–Crippen LogP) is 10.9. The number of pyridine rings is 2. The summed E-state index contributed by atoms with van der Waals surface area (Å²) >= 11 is 2.37. The Balaban J connectivity index is 0.000000186. The van der Waals surface area contributed by atoms with Crippen LogP contribution in [0.3, 0.4) is 0 Å². The van der Waals surface area contributed by atoms with Crippen molar-refractivity contribution < 1.29 is 23.4 Å². The molecule has 19 heteroatoms. The molecule has 0 saturated carbocycles. The molecule has 4 heterocycles. The number of fused-ring (bicyclic) bond motifs is 3. The van der Waals surface area contributed by atoms with Crippen LogP contribution in [0.5, 0.6) is 11.5 Å². The maximum absolute atomic E-state index is 13.3. The number of hydrogen-bond donors (Lipinski definition) is 4. The first-order chi connectivity index (χ1) is 29.5. The van der Waals surface area contributed by atoms with E-state index in [1.54, 1.807) is 56.6 Å². The van der Waals surface area contributed by atoms with Gasteiger partial charge in [-0.1, -0.05) is 56.3 Å². The molecule has 0 saturated heterocycles. The van der Waals surface area contributed by atoms with E-state index in [2.05, 4.69) is 49.8 Å². The van der Waals surface area contributed by atoms with Gasteiger partial charge in [0.1, 0.15) is 16.4 Å². The van der Waals surface area contributed by atoms with Crippen LogP contribution >= 0.6 is 23.1 Å². The molecule has 0 atom stereocenters. The number of amides is 1. The van der Waals surface area contributed by atoms with Crippen LogP contribution in [0.4, 0.5) is 32.8 Å². The maximum Gasteiger partial charge on any atom is 0.246 e. The minimum absolute atomic E-state index is 0.0206. The molecule has 1 amide bonds. The number of carbonyl (C=O) groups is 1. The largest absolute Gasteiger partial charge is 0.506 e. The van der Waals surface area contributed by atoms with E-state index in [9.17, 15) is 23.4 Å².